The van der Waals surface area contributed by atoms with E-state index in [2.05, 4.69) is 29.6 Å². The number of hydrogen-bond donors (Lipinski definition) is 2. The van der Waals surface area contributed by atoms with Gasteiger partial charge in [0.15, 0.2) is 0 Å². The predicted molar refractivity (Wildman–Crippen MR) is 121 cm³/mol. The Kier molecular flexibility index (Phi) is 6.65. The Hall–Kier alpha value is -3.39. The lowest BCUT2D eigenvalue weighted by Gasteiger charge is -2.20. The number of ether oxygens (including phenoxy) is 2. The predicted octanol–water partition coefficient (Wildman–Crippen LogP) is 2.86. The number of fused-ring (bicyclic) bond motifs is 3. The molecule has 3 atom stereocenters. The number of rotatable bonds is 7. The molecule has 174 valence electrons. The van der Waals surface area contributed by atoms with Crippen molar-refractivity contribution in [1.29, 1.82) is 0 Å². The third-order valence-corrected chi connectivity index (χ3v) is 6.43. The molecular weight excluding hydrogens is 424 g/mol. The van der Waals surface area contributed by atoms with Gasteiger partial charge in [-0.1, -0.05) is 48.5 Å². The van der Waals surface area contributed by atoms with Gasteiger partial charge in [-0.05, 0) is 29.2 Å². The first-order chi connectivity index (χ1) is 15.9. The fourth-order valence-electron chi connectivity index (χ4n) is 4.74. The fraction of sp³-hybridized carbons (Fsp3) is 0.400. The molecular formula is C25H28N2O6. The SMILES string of the molecule is COC1CN(C(=O)C[C@H](C)NC(=O)OCC2c3ccccc3-c3ccccc32)CC1C(=O)O. The normalized spacial score (nSPS) is 20.1. The highest BCUT2D eigenvalue weighted by atomic mass is 16.5. The number of carboxylic acids is 1. The van der Waals surface area contributed by atoms with E-state index in [0.717, 1.165) is 22.3 Å². The third-order valence-electron chi connectivity index (χ3n) is 6.43. The van der Waals surface area contributed by atoms with Crippen LogP contribution in [0.15, 0.2) is 48.5 Å². The maximum absolute atomic E-state index is 12.6. The summed E-state index contributed by atoms with van der Waals surface area (Å²) >= 11 is 0. The van der Waals surface area contributed by atoms with Gasteiger partial charge in [-0.15, -0.1) is 0 Å². The zero-order chi connectivity index (χ0) is 23.5. The first-order valence-electron chi connectivity index (χ1n) is 11.0. The number of benzene rings is 2. The van der Waals surface area contributed by atoms with Crippen molar-refractivity contribution in [3.8, 4) is 11.1 Å². The van der Waals surface area contributed by atoms with E-state index in [0.29, 0.717) is 0 Å². The molecule has 8 heteroatoms. The number of carboxylic acid groups (broad SMARTS) is 1. The largest absolute Gasteiger partial charge is 0.481 e. The van der Waals surface area contributed by atoms with Crippen LogP contribution in [0.1, 0.15) is 30.4 Å². The second-order valence-electron chi connectivity index (χ2n) is 8.59. The summed E-state index contributed by atoms with van der Waals surface area (Å²) in [7, 11) is 1.44. The van der Waals surface area contributed by atoms with Crippen LogP contribution in [0.25, 0.3) is 11.1 Å². The summed E-state index contributed by atoms with van der Waals surface area (Å²) in [5.41, 5.74) is 4.57. The summed E-state index contributed by atoms with van der Waals surface area (Å²) in [6.45, 7) is 2.24. The van der Waals surface area contributed by atoms with Gasteiger partial charge in [-0.25, -0.2) is 4.79 Å². The molecule has 0 radical (unpaired) electrons. The summed E-state index contributed by atoms with van der Waals surface area (Å²) in [6.07, 6.45) is -1.07. The van der Waals surface area contributed by atoms with Crippen molar-refractivity contribution in [3.63, 3.8) is 0 Å². The minimum absolute atomic E-state index is 0.0383. The number of methoxy groups -OCH3 is 1. The molecule has 2 N–H and O–H groups in total. The molecule has 1 aliphatic carbocycles. The fourth-order valence-corrected chi connectivity index (χ4v) is 4.74. The van der Waals surface area contributed by atoms with Crippen molar-refractivity contribution in [2.75, 3.05) is 26.8 Å². The standard InChI is InChI=1S/C25H28N2O6/c1-15(11-23(28)27-12-20(24(29)30)22(13-27)32-2)26-25(31)33-14-21-18-9-5-3-7-16(18)17-8-4-6-10-19(17)21/h3-10,15,20-22H,11-14H2,1-2H3,(H,26,31)(H,29,30)/t15-,20?,22?/m0/s1. The number of aliphatic carboxylic acids is 1. The topological polar surface area (TPSA) is 105 Å². The van der Waals surface area contributed by atoms with E-state index in [1.54, 1.807) is 6.92 Å². The minimum Gasteiger partial charge on any atom is -0.481 e. The molecule has 0 aromatic heterocycles. The van der Waals surface area contributed by atoms with E-state index in [1.165, 1.54) is 12.0 Å². The zero-order valence-corrected chi connectivity index (χ0v) is 18.7. The molecule has 0 bridgehead atoms. The molecule has 33 heavy (non-hydrogen) atoms. The molecule has 1 heterocycles. The molecule has 1 fully saturated rings. The molecule has 1 saturated heterocycles. The second kappa shape index (κ2) is 9.62. The molecule has 2 aromatic carbocycles. The van der Waals surface area contributed by atoms with Crippen molar-refractivity contribution < 1.29 is 29.0 Å². The lowest BCUT2D eigenvalue weighted by atomic mass is 9.98. The number of hydrogen-bond acceptors (Lipinski definition) is 5. The van der Waals surface area contributed by atoms with Gasteiger partial charge < -0.3 is 24.8 Å². The number of alkyl carbamates (subject to hydrolysis) is 1. The first kappa shape index (κ1) is 22.8. The number of likely N-dealkylation sites (tertiary alicyclic amines) is 1. The lowest BCUT2D eigenvalue weighted by Crippen LogP contribution is -2.39. The van der Waals surface area contributed by atoms with E-state index < -0.39 is 30.1 Å². The molecule has 2 aliphatic rings. The van der Waals surface area contributed by atoms with Crippen LogP contribution in [0.4, 0.5) is 4.79 Å². The molecule has 8 nitrogen and oxygen atoms in total. The zero-order valence-electron chi connectivity index (χ0n) is 18.7. The van der Waals surface area contributed by atoms with Crippen LogP contribution < -0.4 is 5.32 Å². The van der Waals surface area contributed by atoms with Crippen LogP contribution >= 0.6 is 0 Å². The maximum Gasteiger partial charge on any atom is 0.407 e. The number of carbonyl (C=O) groups excluding carboxylic acids is 2. The van der Waals surface area contributed by atoms with E-state index in [4.69, 9.17) is 9.47 Å². The van der Waals surface area contributed by atoms with Crippen molar-refractivity contribution >= 4 is 18.0 Å². The summed E-state index contributed by atoms with van der Waals surface area (Å²) in [6, 6.07) is 15.7. The summed E-state index contributed by atoms with van der Waals surface area (Å²) in [4.78, 5) is 37.8. The molecule has 0 saturated carbocycles. The Bertz CT molecular complexity index is 1010. The highest BCUT2D eigenvalue weighted by Crippen LogP contribution is 2.44. The van der Waals surface area contributed by atoms with E-state index in [1.807, 2.05) is 24.3 Å². The quantitative estimate of drug-likeness (QED) is 0.669. The van der Waals surface area contributed by atoms with Crippen LogP contribution in [-0.4, -0.2) is 66.9 Å². The monoisotopic (exact) mass is 452 g/mol. The van der Waals surface area contributed by atoms with Gasteiger partial charge in [0.1, 0.15) is 12.5 Å². The average molecular weight is 453 g/mol. The van der Waals surface area contributed by atoms with Crippen LogP contribution in [0.3, 0.4) is 0 Å². The molecule has 2 aromatic rings. The van der Waals surface area contributed by atoms with Crippen molar-refractivity contribution in [1.82, 2.24) is 10.2 Å². The number of amides is 2. The Morgan fingerprint density at radius 1 is 1.06 bits per heavy atom. The number of nitrogens with one attached hydrogen (secondary N) is 1. The van der Waals surface area contributed by atoms with E-state index in [9.17, 15) is 19.5 Å². The Morgan fingerprint density at radius 3 is 2.21 bits per heavy atom. The van der Waals surface area contributed by atoms with Crippen molar-refractivity contribution in [2.24, 2.45) is 5.92 Å². The van der Waals surface area contributed by atoms with E-state index >= 15 is 0 Å². The smallest absolute Gasteiger partial charge is 0.407 e. The van der Waals surface area contributed by atoms with Crippen molar-refractivity contribution in [3.05, 3.63) is 59.7 Å². The van der Waals surface area contributed by atoms with Gasteiger partial charge in [-0.2, -0.15) is 0 Å². The summed E-state index contributed by atoms with van der Waals surface area (Å²) < 4.78 is 10.7. The molecule has 2 unspecified atom stereocenters. The minimum atomic E-state index is -0.984. The number of nitrogens with zero attached hydrogens (tertiary/aromatic N) is 1. The van der Waals surface area contributed by atoms with Crippen LogP contribution in [0.2, 0.25) is 0 Å². The molecule has 1 aliphatic heterocycles. The highest BCUT2D eigenvalue weighted by molar-refractivity contribution is 5.81. The van der Waals surface area contributed by atoms with Gasteiger partial charge in [0, 0.05) is 38.6 Å². The van der Waals surface area contributed by atoms with E-state index in [-0.39, 0.29) is 37.9 Å². The van der Waals surface area contributed by atoms with Gasteiger partial charge in [0.2, 0.25) is 5.91 Å². The van der Waals surface area contributed by atoms with Gasteiger partial charge in [0.25, 0.3) is 0 Å². The molecule has 0 spiro atoms. The van der Waals surface area contributed by atoms with Crippen LogP contribution in [-0.2, 0) is 19.1 Å². The Balaban J connectivity index is 1.30. The first-order valence-corrected chi connectivity index (χ1v) is 11.0. The second-order valence-corrected chi connectivity index (χ2v) is 8.59. The maximum atomic E-state index is 12.6. The van der Waals surface area contributed by atoms with Gasteiger partial charge in [0.05, 0.1) is 6.10 Å². The highest BCUT2D eigenvalue weighted by Gasteiger charge is 2.40. The van der Waals surface area contributed by atoms with Crippen LogP contribution in [0, 0.1) is 5.92 Å². The van der Waals surface area contributed by atoms with Gasteiger partial charge >= 0.3 is 12.1 Å². The van der Waals surface area contributed by atoms with Crippen LogP contribution in [0.5, 0.6) is 0 Å². The van der Waals surface area contributed by atoms with Gasteiger partial charge in [-0.3, -0.25) is 9.59 Å². The third kappa shape index (κ3) is 4.71. The molecule has 2 amide bonds. The van der Waals surface area contributed by atoms with Crippen molar-refractivity contribution in [2.45, 2.75) is 31.4 Å². The average Bonchev–Trinajstić information content (AvgIpc) is 3.37. The number of carbonyl (C=O) groups is 3. The lowest BCUT2D eigenvalue weighted by molar-refractivity contribution is -0.144. The Morgan fingerprint density at radius 2 is 1.67 bits per heavy atom. The Labute approximate surface area is 192 Å². The molecule has 4 rings (SSSR count). The summed E-state index contributed by atoms with van der Waals surface area (Å²) in [5, 5.41) is 12.0. The summed E-state index contributed by atoms with van der Waals surface area (Å²) in [5.74, 6) is -2.00.